The van der Waals surface area contributed by atoms with Gasteiger partial charge < -0.3 is 19.3 Å². The summed E-state index contributed by atoms with van der Waals surface area (Å²) in [6, 6.07) is 0. The molecular weight excluding hydrogens is 272 g/mol. The van der Waals surface area contributed by atoms with Crippen LogP contribution in [0.5, 0.6) is 0 Å². The lowest BCUT2D eigenvalue weighted by Crippen LogP contribution is -2.40. The standard InChI is InChI=1S/C16H26O5/c1-5-7-16-20-13(6-2)9-15(21-16)10-14(8-11(3)17)19-12(4)18/h11,13-17H,6,8-10H2,1-4H3. The van der Waals surface area contributed by atoms with Gasteiger partial charge in [-0.3, -0.25) is 4.79 Å². The lowest BCUT2D eigenvalue weighted by Gasteiger charge is -2.34. The lowest BCUT2D eigenvalue weighted by atomic mass is 9.99. The van der Waals surface area contributed by atoms with Gasteiger partial charge in [0.1, 0.15) is 6.10 Å². The van der Waals surface area contributed by atoms with E-state index in [1.165, 1.54) is 6.92 Å². The molecule has 0 aromatic heterocycles. The number of aliphatic hydroxyl groups excluding tert-OH is 1. The SMILES string of the molecule is CC#CC1OC(CC)CC(CC(CC(C)O)OC(C)=O)O1. The van der Waals surface area contributed by atoms with Gasteiger partial charge >= 0.3 is 5.97 Å². The van der Waals surface area contributed by atoms with Crippen molar-refractivity contribution in [1.29, 1.82) is 0 Å². The molecule has 0 spiro atoms. The van der Waals surface area contributed by atoms with E-state index in [-0.39, 0.29) is 24.3 Å². The molecule has 5 nitrogen and oxygen atoms in total. The Morgan fingerprint density at radius 1 is 1.43 bits per heavy atom. The summed E-state index contributed by atoms with van der Waals surface area (Å²) in [5.41, 5.74) is 0. The summed E-state index contributed by atoms with van der Waals surface area (Å²) in [6.07, 6.45) is 1.19. The van der Waals surface area contributed by atoms with Gasteiger partial charge in [0.25, 0.3) is 0 Å². The molecule has 0 radical (unpaired) electrons. The fourth-order valence-corrected chi connectivity index (χ4v) is 2.49. The van der Waals surface area contributed by atoms with Crippen molar-refractivity contribution in [2.24, 2.45) is 0 Å². The van der Waals surface area contributed by atoms with Gasteiger partial charge in [0.05, 0.1) is 18.3 Å². The van der Waals surface area contributed by atoms with Crippen LogP contribution in [0, 0.1) is 11.8 Å². The van der Waals surface area contributed by atoms with E-state index in [1.54, 1.807) is 13.8 Å². The minimum absolute atomic E-state index is 0.0855. The molecule has 1 fully saturated rings. The van der Waals surface area contributed by atoms with Gasteiger partial charge in [-0.05, 0) is 26.2 Å². The molecule has 0 saturated carbocycles. The van der Waals surface area contributed by atoms with Crippen LogP contribution in [0.2, 0.25) is 0 Å². The smallest absolute Gasteiger partial charge is 0.302 e. The zero-order chi connectivity index (χ0) is 15.8. The van der Waals surface area contributed by atoms with E-state index < -0.39 is 12.4 Å². The van der Waals surface area contributed by atoms with Crippen LogP contribution in [0.15, 0.2) is 0 Å². The number of esters is 1. The molecule has 1 N–H and O–H groups in total. The van der Waals surface area contributed by atoms with E-state index >= 15 is 0 Å². The highest BCUT2D eigenvalue weighted by molar-refractivity contribution is 5.66. The van der Waals surface area contributed by atoms with Crippen molar-refractivity contribution in [2.75, 3.05) is 0 Å². The Bertz CT molecular complexity index is 382. The van der Waals surface area contributed by atoms with Crippen LogP contribution in [0.25, 0.3) is 0 Å². The third kappa shape index (κ3) is 6.94. The molecule has 0 bridgehead atoms. The normalized spacial score (nSPS) is 28.1. The lowest BCUT2D eigenvalue weighted by molar-refractivity contribution is -0.221. The summed E-state index contributed by atoms with van der Waals surface area (Å²) >= 11 is 0. The van der Waals surface area contributed by atoms with E-state index in [0.717, 1.165) is 12.8 Å². The number of ether oxygens (including phenoxy) is 3. The first-order chi connectivity index (χ1) is 9.94. The van der Waals surface area contributed by atoms with E-state index in [4.69, 9.17) is 14.2 Å². The third-order valence-corrected chi connectivity index (χ3v) is 3.34. The Kier molecular flexibility index (Phi) is 7.73. The van der Waals surface area contributed by atoms with E-state index in [0.29, 0.717) is 12.8 Å². The molecule has 1 rings (SSSR count). The highest BCUT2D eigenvalue weighted by Gasteiger charge is 2.31. The van der Waals surface area contributed by atoms with Gasteiger partial charge in [0.2, 0.25) is 6.29 Å². The molecule has 0 amide bonds. The summed E-state index contributed by atoms with van der Waals surface area (Å²) in [4.78, 5) is 11.2. The van der Waals surface area contributed by atoms with Crippen molar-refractivity contribution in [1.82, 2.24) is 0 Å². The van der Waals surface area contributed by atoms with Crippen LogP contribution in [0.3, 0.4) is 0 Å². The van der Waals surface area contributed by atoms with Gasteiger partial charge in [-0.2, -0.15) is 0 Å². The van der Waals surface area contributed by atoms with Crippen molar-refractivity contribution in [2.45, 2.75) is 84.1 Å². The molecule has 1 heterocycles. The van der Waals surface area contributed by atoms with Gasteiger partial charge in [0.15, 0.2) is 0 Å². The van der Waals surface area contributed by atoms with Gasteiger partial charge in [-0.25, -0.2) is 0 Å². The molecule has 5 atom stereocenters. The zero-order valence-corrected chi connectivity index (χ0v) is 13.3. The van der Waals surface area contributed by atoms with E-state index in [2.05, 4.69) is 18.8 Å². The molecule has 5 heteroatoms. The summed E-state index contributed by atoms with van der Waals surface area (Å²) < 4.78 is 16.8. The number of rotatable bonds is 6. The van der Waals surface area contributed by atoms with Gasteiger partial charge in [0, 0.05) is 26.2 Å². The van der Waals surface area contributed by atoms with Crippen LogP contribution in [-0.2, 0) is 19.0 Å². The number of aliphatic hydroxyl groups is 1. The predicted molar refractivity (Wildman–Crippen MR) is 78.4 cm³/mol. The van der Waals surface area contributed by atoms with E-state index in [1.807, 2.05) is 0 Å². The minimum atomic E-state index is -0.526. The molecule has 21 heavy (non-hydrogen) atoms. The van der Waals surface area contributed by atoms with Crippen molar-refractivity contribution in [3.05, 3.63) is 0 Å². The van der Waals surface area contributed by atoms with Gasteiger partial charge in [-0.1, -0.05) is 6.92 Å². The Morgan fingerprint density at radius 2 is 2.10 bits per heavy atom. The molecule has 5 unspecified atom stereocenters. The number of carbonyl (C=O) groups excluding carboxylic acids is 1. The topological polar surface area (TPSA) is 65.0 Å². The Morgan fingerprint density at radius 3 is 2.62 bits per heavy atom. The number of hydrogen-bond acceptors (Lipinski definition) is 5. The maximum Gasteiger partial charge on any atom is 0.302 e. The average molecular weight is 298 g/mol. The molecular formula is C16H26O5. The van der Waals surface area contributed by atoms with Crippen LogP contribution in [0.4, 0.5) is 0 Å². The van der Waals surface area contributed by atoms with Crippen LogP contribution >= 0.6 is 0 Å². The fourth-order valence-electron chi connectivity index (χ4n) is 2.49. The summed E-state index contributed by atoms with van der Waals surface area (Å²) in [7, 11) is 0. The molecule has 1 aliphatic heterocycles. The minimum Gasteiger partial charge on any atom is -0.462 e. The second-order valence-corrected chi connectivity index (χ2v) is 5.44. The molecule has 0 aliphatic carbocycles. The Labute approximate surface area is 127 Å². The fraction of sp³-hybridized carbons (Fsp3) is 0.812. The van der Waals surface area contributed by atoms with E-state index in [9.17, 15) is 9.90 Å². The van der Waals surface area contributed by atoms with Crippen LogP contribution < -0.4 is 0 Å². The first-order valence-electron chi connectivity index (χ1n) is 7.53. The summed E-state index contributed by atoms with van der Waals surface area (Å²) in [6.45, 7) is 6.86. The highest BCUT2D eigenvalue weighted by Crippen LogP contribution is 2.25. The van der Waals surface area contributed by atoms with Gasteiger partial charge in [-0.15, -0.1) is 5.92 Å². The molecule has 1 saturated heterocycles. The molecule has 120 valence electrons. The molecule has 0 aromatic carbocycles. The average Bonchev–Trinajstić information content (AvgIpc) is 2.37. The Balaban J connectivity index is 2.65. The zero-order valence-electron chi connectivity index (χ0n) is 13.3. The van der Waals surface area contributed by atoms with Crippen molar-refractivity contribution in [3.8, 4) is 11.8 Å². The monoisotopic (exact) mass is 298 g/mol. The first-order valence-corrected chi connectivity index (χ1v) is 7.53. The second kappa shape index (κ2) is 9.04. The quantitative estimate of drug-likeness (QED) is 0.600. The van der Waals surface area contributed by atoms with Crippen LogP contribution in [-0.4, -0.2) is 41.8 Å². The predicted octanol–water partition coefficient (Wildman–Crippen LogP) is 2.01. The highest BCUT2D eigenvalue weighted by atomic mass is 16.7. The first kappa shape index (κ1) is 18.0. The van der Waals surface area contributed by atoms with Crippen LogP contribution in [0.1, 0.15) is 53.4 Å². The summed E-state index contributed by atoms with van der Waals surface area (Å²) in [5.74, 6) is 5.33. The van der Waals surface area contributed by atoms with Crippen molar-refractivity contribution in [3.63, 3.8) is 0 Å². The molecule has 0 aromatic rings. The summed E-state index contributed by atoms with van der Waals surface area (Å²) in [5, 5.41) is 9.52. The molecule has 1 aliphatic rings. The maximum atomic E-state index is 11.2. The van der Waals surface area contributed by atoms with Crippen molar-refractivity contribution >= 4 is 5.97 Å². The number of carbonyl (C=O) groups is 1. The maximum absolute atomic E-state index is 11.2. The second-order valence-electron chi connectivity index (χ2n) is 5.44. The Hall–Kier alpha value is -1.09. The van der Waals surface area contributed by atoms with Crippen molar-refractivity contribution < 1.29 is 24.1 Å². The number of hydrogen-bond donors (Lipinski definition) is 1. The largest absolute Gasteiger partial charge is 0.462 e. The third-order valence-electron chi connectivity index (χ3n) is 3.34.